The van der Waals surface area contributed by atoms with Crippen molar-refractivity contribution < 1.29 is 13.9 Å². The van der Waals surface area contributed by atoms with Gasteiger partial charge in [0.2, 0.25) is 5.91 Å². The summed E-state index contributed by atoms with van der Waals surface area (Å²) in [7, 11) is 1.51. The van der Waals surface area contributed by atoms with Crippen LogP contribution in [0.3, 0.4) is 0 Å². The Hall–Kier alpha value is -1.33. The largest absolute Gasteiger partial charge is 0.497 e. The zero-order valence-corrected chi connectivity index (χ0v) is 13.0. The van der Waals surface area contributed by atoms with Gasteiger partial charge in [-0.3, -0.25) is 4.79 Å². The molecule has 0 aromatic heterocycles. The van der Waals surface area contributed by atoms with Crippen molar-refractivity contribution in [2.45, 2.75) is 25.7 Å². The quantitative estimate of drug-likeness (QED) is 0.878. The highest BCUT2D eigenvalue weighted by atomic mass is 35.5. The number of rotatable bonds is 5. The molecule has 2 rings (SSSR count). The summed E-state index contributed by atoms with van der Waals surface area (Å²) in [6.45, 7) is 2.05. The molecule has 1 aromatic carbocycles. The first-order valence-electron chi connectivity index (χ1n) is 7.03. The molecule has 0 aliphatic carbocycles. The molecule has 0 radical (unpaired) electrons. The fourth-order valence-electron chi connectivity index (χ4n) is 2.45. The molecule has 1 aromatic rings. The van der Waals surface area contributed by atoms with Crippen molar-refractivity contribution in [2.75, 3.05) is 25.5 Å². The lowest BCUT2D eigenvalue weighted by molar-refractivity contribution is -0.116. The predicted molar refractivity (Wildman–Crippen MR) is 83.7 cm³/mol. The molecule has 1 aliphatic heterocycles. The minimum absolute atomic E-state index is 0. The Bertz CT molecular complexity index is 465. The van der Waals surface area contributed by atoms with Crippen molar-refractivity contribution in [1.82, 2.24) is 5.32 Å². The molecule has 0 bridgehead atoms. The third-order valence-electron chi connectivity index (χ3n) is 3.69. The van der Waals surface area contributed by atoms with E-state index in [1.54, 1.807) is 0 Å². The summed E-state index contributed by atoms with van der Waals surface area (Å²) in [6.07, 6.45) is 3.52. The number of halogens is 2. The Kier molecular flexibility index (Phi) is 7.47. The molecule has 118 valence electrons. The number of carbonyl (C=O) groups is 1. The van der Waals surface area contributed by atoms with Crippen molar-refractivity contribution in [2.24, 2.45) is 5.92 Å². The molecule has 1 aliphatic rings. The van der Waals surface area contributed by atoms with E-state index in [0.29, 0.717) is 18.1 Å². The van der Waals surface area contributed by atoms with Crippen LogP contribution in [0, 0.1) is 11.7 Å². The van der Waals surface area contributed by atoms with Gasteiger partial charge < -0.3 is 15.4 Å². The number of carbonyl (C=O) groups excluding carboxylic acids is 1. The maximum atomic E-state index is 13.6. The monoisotopic (exact) mass is 316 g/mol. The number of anilines is 1. The molecule has 1 saturated heterocycles. The maximum Gasteiger partial charge on any atom is 0.224 e. The van der Waals surface area contributed by atoms with Gasteiger partial charge >= 0.3 is 0 Å². The Morgan fingerprint density at radius 1 is 1.43 bits per heavy atom. The van der Waals surface area contributed by atoms with Crippen molar-refractivity contribution in [3.8, 4) is 5.75 Å². The molecule has 0 unspecified atom stereocenters. The molecule has 2 N–H and O–H groups in total. The van der Waals surface area contributed by atoms with Gasteiger partial charge in [-0.2, -0.15) is 0 Å². The van der Waals surface area contributed by atoms with Crippen LogP contribution in [-0.2, 0) is 4.79 Å². The smallest absolute Gasteiger partial charge is 0.224 e. The van der Waals surface area contributed by atoms with Crippen LogP contribution < -0.4 is 15.4 Å². The fourth-order valence-corrected chi connectivity index (χ4v) is 2.45. The van der Waals surface area contributed by atoms with E-state index < -0.39 is 5.82 Å². The standard InChI is InChI=1S/C15H21FN2O2.ClH/c1-20-12-3-4-13(16)14(10-12)18-15(19)5-2-11-6-8-17-9-7-11;/h3-4,10-11,17H,2,5-9H2,1H3,(H,18,19);1H. The van der Waals surface area contributed by atoms with Gasteiger partial charge in [0.25, 0.3) is 0 Å². The number of hydrogen-bond acceptors (Lipinski definition) is 3. The molecule has 4 nitrogen and oxygen atoms in total. The normalized spacial score (nSPS) is 15.1. The average molecular weight is 317 g/mol. The molecule has 6 heteroatoms. The minimum Gasteiger partial charge on any atom is -0.497 e. The second kappa shape index (κ2) is 8.85. The summed E-state index contributed by atoms with van der Waals surface area (Å²) >= 11 is 0. The molecule has 0 saturated carbocycles. The van der Waals surface area contributed by atoms with Gasteiger partial charge in [0.15, 0.2) is 0 Å². The van der Waals surface area contributed by atoms with Crippen molar-refractivity contribution in [3.63, 3.8) is 0 Å². The van der Waals surface area contributed by atoms with Crippen LogP contribution in [0.1, 0.15) is 25.7 Å². The van der Waals surface area contributed by atoms with Crippen LogP contribution in [0.2, 0.25) is 0 Å². The summed E-state index contributed by atoms with van der Waals surface area (Å²) in [5, 5.41) is 5.91. The molecular weight excluding hydrogens is 295 g/mol. The van der Waals surface area contributed by atoms with Crippen LogP contribution in [0.15, 0.2) is 18.2 Å². The lowest BCUT2D eigenvalue weighted by Crippen LogP contribution is -2.28. The van der Waals surface area contributed by atoms with E-state index in [1.165, 1.54) is 25.3 Å². The third-order valence-corrected chi connectivity index (χ3v) is 3.69. The Morgan fingerprint density at radius 2 is 2.14 bits per heavy atom. The van der Waals surface area contributed by atoms with Gasteiger partial charge in [0.05, 0.1) is 12.8 Å². The molecule has 1 fully saturated rings. The third kappa shape index (κ3) is 5.52. The number of ether oxygens (including phenoxy) is 1. The van der Waals surface area contributed by atoms with Crippen LogP contribution in [0.25, 0.3) is 0 Å². The van der Waals surface area contributed by atoms with Crippen molar-refractivity contribution in [1.29, 1.82) is 0 Å². The van der Waals surface area contributed by atoms with E-state index in [1.807, 2.05) is 0 Å². The van der Waals surface area contributed by atoms with Gasteiger partial charge in [-0.1, -0.05) is 0 Å². The van der Waals surface area contributed by atoms with Gasteiger partial charge in [0.1, 0.15) is 11.6 Å². The summed E-state index contributed by atoms with van der Waals surface area (Å²) in [6, 6.07) is 4.32. The minimum atomic E-state index is -0.444. The number of methoxy groups -OCH3 is 1. The van der Waals surface area contributed by atoms with Crippen molar-refractivity contribution in [3.05, 3.63) is 24.0 Å². The van der Waals surface area contributed by atoms with E-state index in [0.717, 1.165) is 32.4 Å². The van der Waals surface area contributed by atoms with Crippen molar-refractivity contribution >= 4 is 24.0 Å². The predicted octanol–water partition coefficient (Wildman–Crippen LogP) is 2.97. The second-order valence-electron chi connectivity index (χ2n) is 5.13. The first-order chi connectivity index (χ1) is 9.69. The fraction of sp³-hybridized carbons (Fsp3) is 0.533. The van der Waals surface area contributed by atoms with E-state index in [4.69, 9.17) is 4.74 Å². The first kappa shape index (κ1) is 17.7. The number of amides is 1. The first-order valence-corrected chi connectivity index (χ1v) is 7.03. The molecular formula is C15H22ClFN2O2. The average Bonchev–Trinajstić information content (AvgIpc) is 2.48. The van der Waals surface area contributed by atoms with Crippen LogP contribution in [0.4, 0.5) is 10.1 Å². The molecule has 1 heterocycles. The van der Waals surface area contributed by atoms with Crippen LogP contribution in [0.5, 0.6) is 5.75 Å². The van der Waals surface area contributed by atoms with Gasteiger partial charge in [-0.15, -0.1) is 12.4 Å². The molecule has 0 spiro atoms. The zero-order chi connectivity index (χ0) is 14.4. The Labute approximate surface area is 130 Å². The van der Waals surface area contributed by atoms with Gasteiger partial charge in [-0.05, 0) is 50.4 Å². The number of benzene rings is 1. The lowest BCUT2D eigenvalue weighted by atomic mass is 9.93. The highest BCUT2D eigenvalue weighted by Crippen LogP contribution is 2.22. The highest BCUT2D eigenvalue weighted by molar-refractivity contribution is 5.91. The van der Waals surface area contributed by atoms with Crippen LogP contribution in [-0.4, -0.2) is 26.1 Å². The molecule has 21 heavy (non-hydrogen) atoms. The highest BCUT2D eigenvalue weighted by Gasteiger charge is 2.15. The maximum absolute atomic E-state index is 13.6. The Balaban J connectivity index is 0.00000220. The number of nitrogens with one attached hydrogen (secondary N) is 2. The van der Waals surface area contributed by atoms with Gasteiger partial charge in [-0.25, -0.2) is 4.39 Å². The van der Waals surface area contributed by atoms with E-state index >= 15 is 0 Å². The number of hydrogen-bond donors (Lipinski definition) is 2. The molecule has 1 amide bonds. The summed E-state index contributed by atoms with van der Waals surface area (Å²) in [4.78, 5) is 11.9. The van der Waals surface area contributed by atoms with E-state index in [-0.39, 0.29) is 24.0 Å². The van der Waals surface area contributed by atoms with E-state index in [2.05, 4.69) is 10.6 Å². The van der Waals surface area contributed by atoms with E-state index in [9.17, 15) is 9.18 Å². The Morgan fingerprint density at radius 3 is 2.81 bits per heavy atom. The summed E-state index contributed by atoms with van der Waals surface area (Å²) < 4.78 is 18.6. The lowest BCUT2D eigenvalue weighted by Gasteiger charge is -2.22. The van der Waals surface area contributed by atoms with Gasteiger partial charge in [0, 0.05) is 12.5 Å². The zero-order valence-electron chi connectivity index (χ0n) is 12.2. The number of piperidine rings is 1. The summed E-state index contributed by atoms with van der Waals surface area (Å²) in [5.41, 5.74) is 0.180. The summed E-state index contributed by atoms with van der Waals surface area (Å²) in [5.74, 6) is 0.536. The topological polar surface area (TPSA) is 50.4 Å². The second-order valence-corrected chi connectivity index (χ2v) is 5.13. The SMILES string of the molecule is COc1ccc(F)c(NC(=O)CCC2CCNCC2)c1.Cl. The van der Waals surface area contributed by atoms with Crippen LogP contribution >= 0.6 is 12.4 Å². The molecule has 0 atom stereocenters.